The second-order valence-electron chi connectivity index (χ2n) is 6.03. The van der Waals surface area contributed by atoms with Gasteiger partial charge in [-0.2, -0.15) is 0 Å². The predicted molar refractivity (Wildman–Crippen MR) is 94.1 cm³/mol. The first-order chi connectivity index (χ1) is 11.6. The molecule has 7 heteroatoms. The Morgan fingerprint density at radius 2 is 2.12 bits per heavy atom. The first kappa shape index (κ1) is 18.2. The molecule has 1 N–H and O–H groups in total. The van der Waals surface area contributed by atoms with Crippen molar-refractivity contribution in [1.29, 1.82) is 0 Å². The van der Waals surface area contributed by atoms with Crippen LogP contribution in [0.5, 0.6) is 0 Å². The summed E-state index contributed by atoms with van der Waals surface area (Å²) in [6.45, 7) is 5.62. The van der Waals surface area contributed by atoms with Crippen LogP contribution in [-0.4, -0.2) is 49.1 Å². The maximum absolute atomic E-state index is 10.7. The van der Waals surface area contributed by atoms with Crippen LogP contribution < -0.4 is 5.32 Å². The molecule has 0 saturated heterocycles. The second-order valence-corrected chi connectivity index (χ2v) is 6.03. The van der Waals surface area contributed by atoms with Crippen molar-refractivity contribution in [2.24, 2.45) is 10.9 Å². The number of likely N-dealkylation sites (N-methyl/N-ethyl adjacent to an activating group) is 1. The van der Waals surface area contributed by atoms with Gasteiger partial charge in [0.25, 0.3) is 5.69 Å². The number of nitrogens with zero attached hydrogens (tertiary/aromatic N) is 3. The molecule has 1 saturated carbocycles. The first-order valence-corrected chi connectivity index (χ1v) is 8.40. The van der Waals surface area contributed by atoms with E-state index in [0.717, 1.165) is 37.1 Å². The van der Waals surface area contributed by atoms with Crippen molar-refractivity contribution in [3.05, 3.63) is 39.9 Å². The van der Waals surface area contributed by atoms with Crippen molar-refractivity contribution in [3.8, 4) is 0 Å². The Labute approximate surface area is 142 Å². The van der Waals surface area contributed by atoms with E-state index in [4.69, 9.17) is 4.74 Å². The number of ether oxygens (including phenoxy) is 1. The van der Waals surface area contributed by atoms with Crippen LogP contribution in [0, 0.1) is 16.0 Å². The van der Waals surface area contributed by atoms with E-state index < -0.39 is 4.92 Å². The Hall–Kier alpha value is -2.15. The number of nitro groups is 1. The van der Waals surface area contributed by atoms with Gasteiger partial charge in [-0.15, -0.1) is 0 Å². The maximum Gasteiger partial charge on any atom is 0.269 e. The van der Waals surface area contributed by atoms with Gasteiger partial charge in [0.2, 0.25) is 0 Å². The largest absolute Gasteiger partial charge is 0.379 e. The van der Waals surface area contributed by atoms with Gasteiger partial charge >= 0.3 is 0 Å². The van der Waals surface area contributed by atoms with Crippen molar-refractivity contribution >= 4 is 11.6 Å². The molecule has 0 unspecified atom stereocenters. The summed E-state index contributed by atoms with van der Waals surface area (Å²) in [6.07, 6.45) is 2.60. The molecule has 132 valence electrons. The van der Waals surface area contributed by atoms with Crippen LogP contribution in [0.4, 0.5) is 5.69 Å². The highest BCUT2D eigenvalue weighted by Gasteiger charge is 2.21. The lowest BCUT2D eigenvalue weighted by Crippen LogP contribution is -2.40. The molecule has 0 aliphatic heterocycles. The minimum absolute atomic E-state index is 0.0968. The molecule has 0 amide bonds. The van der Waals surface area contributed by atoms with Crippen LogP contribution >= 0.6 is 0 Å². The fourth-order valence-corrected chi connectivity index (χ4v) is 2.20. The molecule has 7 nitrogen and oxygen atoms in total. The van der Waals surface area contributed by atoms with Gasteiger partial charge in [-0.05, 0) is 31.2 Å². The summed E-state index contributed by atoms with van der Waals surface area (Å²) in [6, 6.07) is 6.49. The van der Waals surface area contributed by atoms with Crippen molar-refractivity contribution in [2.75, 3.05) is 33.4 Å². The highest BCUT2D eigenvalue weighted by Crippen LogP contribution is 2.28. The van der Waals surface area contributed by atoms with E-state index in [9.17, 15) is 10.1 Å². The lowest BCUT2D eigenvalue weighted by atomic mass is 10.2. The van der Waals surface area contributed by atoms with Gasteiger partial charge in [-0.3, -0.25) is 10.1 Å². The zero-order valence-electron chi connectivity index (χ0n) is 14.4. The molecule has 1 aromatic carbocycles. The minimum Gasteiger partial charge on any atom is -0.379 e. The number of hydrogen-bond acceptors (Lipinski definition) is 4. The zero-order chi connectivity index (χ0) is 17.4. The number of hydrogen-bond donors (Lipinski definition) is 1. The summed E-state index contributed by atoms with van der Waals surface area (Å²) in [5.41, 5.74) is 1.04. The summed E-state index contributed by atoms with van der Waals surface area (Å²) in [5, 5.41) is 13.9. The van der Waals surface area contributed by atoms with Crippen LogP contribution in [0.3, 0.4) is 0 Å². The average molecular weight is 334 g/mol. The Balaban J connectivity index is 1.84. The quantitative estimate of drug-likeness (QED) is 0.247. The number of guanidine groups is 1. The average Bonchev–Trinajstić information content (AvgIpc) is 3.40. The highest BCUT2D eigenvalue weighted by molar-refractivity contribution is 5.79. The highest BCUT2D eigenvalue weighted by atomic mass is 16.6. The molecule has 24 heavy (non-hydrogen) atoms. The van der Waals surface area contributed by atoms with Gasteiger partial charge in [-0.25, -0.2) is 4.99 Å². The van der Waals surface area contributed by atoms with Crippen molar-refractivity contribution in [2.45, 2.75) is 26.3 Å². The van der Waals surface area contributed by atoms with Crippen molar-refractivity contribution < 1.29 is 9.66 Å². The van der Waals surface area contributed by atoms with E-state index in [2.05, 4.69) is 10.3 Å². The fraction of sp³-hybridized carbons (Fsp3) is 0.588. The SMILES string of the molecule is CCNC(=NCc1ccc([N+](=O)[O-])cc1)N(C)CCOCC1CC1. The molecule has 0 radical (unpaired) electrons. The van der Waals surface area contributed by atoms with Crippen LogP contribution in [0.1, 0.15) is 25.3 Å². The molecule has 0 heterocycles. The Morgan fingerprint density at radius 1 is 1.42 bits per heavy atom. The number of nitro benzene ring substituents is 1. The molecular weight excluding hydrogens is 308 g/mol. The summed E-state index contributed by atoms with van der Waals surface area (Å²) in [7, 11) is 1.98. The topological polar surface area (TPSA) is 80.0 Å². The molecule has 1 aliphatic rings. The lowest BCUT2D eigenvalue weighted by Gasteiger charge is -2.22. The minimum atomic E-state index is -0.396. The van der Waals surface area contributed by atoms with Gasteiger partial charge < -0.3 is 15.0 Å². The Morgan fingerprint density at radius 3 is 2.71 bits per heavy atom. The molecule has 1 aliphatic carbocycles. The molecule has 1 aromatic rings. The third-order valence-corrected chi connectivity index (χ3v) is 3.88. The van der Waals surface area contributed by atoms with Crippen LogP contribution in [0.25, 0.3) is 0 Å². The summed E-state index contributed by atoms with van der Waals surface area (Å²) in [5.74, 6) is 1.59. The third kappa shape index (κ3) is 6.16. The number of rotatable bonds is 9. The monoisotopic (exact) mass is 334 g/mol. The number of aliphatic imine (C=N–C) groups is 1. The Kier molecular flexibility index (Phi) is 6.99. The molecule has 2 rings (SSSR count). The zero-order valence-corrected chi connectivity index (χ0v) is 14.4. The maximum atomic E-state index is 10.7. The third-order valence-electron chi connectivity index (χ3n) is 3.88. The van der Waals surface area contributed by atoms with E-state index in [1.807, 2.05) is 18.9 Å². The van der Waals surface area contributed by atoms with E-state index in [0.29, 0.717) is 13.2 Å². The molecule has 1 fully saturated rings. The van der Waals surface area contributed by atoms with Crippen molar-refractivity contribution in [3.63, 3.8) is 0 Å². The van der Waals surface area contributed by atoms with E-state index in [1.54, 1.807) is 12.1 Å². The summed E-state index contributed by atoms with van der Waals surface area (Å²) < 4.78 is 5.67. The number of non-ortho nitro benzene ring substituents is 1. The van der Waals surface area contributed by atoms with Crippen LogP contribution in [-0.2, 0) is 11.3 Å². The molecule has 0 aromatic heterocycles. The first-order valence-electron chi connectivity index (χ1n) is 8.40. The van der Waals surface area contributed by atoms with E-state index in [-0.39, 0.29) is 5.69 Å². The summed E-state index contributed by atoms with van der Waals surface area (Å²) >= 11 is 0. The normalized spacial score (nSPS) is 14.5. The molecule has 0 atom stereocenters. The number of nitrogens with one attached hydrogen (secondary N) is 1. The van der Waals surface area contributed by atoms with Gasteiger partial charge in [0.1, 0.15) is 0 Å². The van der Waals surface area contributed by atoms with Gasteiger partial charge in [0, 0.05) is 38.9 Å². The summed E-state index contributed by atoms with van der Waals surface area (Å²) in [4.78, 5) is 16.9. The van der Waals surface area contributed by atoms with E-state index in [1.165, 1.54) is 25.0 Å². The molecule has 0 spiro atoms. The predicted octanol–water partition coefficient (Wildman–Crippen LogP) is 2.42. The van der Waals surface area contributed by atoms with E-state index >= 15 is 0 Å². The molecular formula is C17H26N4O3. The smallest absolute Gasteiger partial charge is 0.269 e. The van der Waals surface area contributed by atoms with Crippen molar-refractivity contribution in [1.82, 2.24) is 10.2 Å². The second kappa shape index (κ2) is 9.22. The van der Waals surface area contributed by atoms with Gasteiger partial charge in [-0.1, -0.05) is 12.1 Å². The van der Waals surface area contributed by atoms with Gasteiger partial charge in [0.05, 0.1) is 18.1 Å². The van der Waals surface area contributed by atoms with Crippen LogP contribution in [0.15, 0.2) is 29.3 Å². The van der Waals surface area contributed by atoms with Gasteiger partial charge in [0.15, 0.2) is 5.96 Å². The number of benzene rings is 1. The lowest BCUT2D eigenvalue weighted by molar-refractivity contribution is -0.384. The van der Waals surface area contributed by atoms with Crippen LogP contribution in [0.2, 0.25) is 0 Å². The Bertz CT molecular complexity index is 555. The molecule has 0 bridgehead atoms. The fourth-order valence-electron chi connectivity index (χ4n) is 2.20. The standard InChI is InChI=1S/C17H26N4O3/c1-3-18-17(20(2)10-11-24-13-15-4-5-15)19-12-14-6-8-16(9-7-14)21(22)23/h6-9,15H,3-5,10-13H2,1-2H3,(H,18,19).